The Morgan fingerprint density at radius 3 is 1.94 bits per heavy atom. The minimum atomic E-state index is -0.481. The Hall–Kier alpha value is -8.92. The van der Waals surface area contributed by atoms with Crippen LogP contribution in [0.15, 0.2) is 273 Å². The van der Waals surface area contributed by atoms with E-state index in [2.05, 4.69) is 283 Å². The molecule has 1 spiro atoms. The van der Waals surface area contributed by atoms with Gasteiger partial charge in [0.2, 0.25) is 0 Å². The molecule has 9 aromatic carbocycles. The fraction of sp³-hybridized carbons (Fsp3) is 0.0725. The van der Waals surface area contributed by atoms with Crippen LogP contribution in [0.2, 0.25) is 0 Å². The van der Waals surface area contributed by atoms with Crippen LogP contribution in [0.4, 0.5) is 28.4 Å². The molecule has 3 unspecified atom stereocenters. The lowest BCUT2D eigenvalue weighted by Gasteiger charge is -2.46. The SMILES string of the molecule is C1=CC2Oc3c(/C(=C\c4ccccc4)c4ccccc4)cccc3C2C=C1c1cccc(N(c2ccccc2)C2C=C3C(=CC2)C2(c4ccccc43)c3ccccc3N(c3ccccc3)c3ccccc32)c1. The third-order valence-corrected chi connectivity index (χ3v) is 15.5. The molecule has 9 aromatic rings. The molecule has 0 saturated carbocycles. The maximum absolute atomic E-state index is 6.94. The van der Waals surface area contributed by atoms with Crippen LogP contribution in [-0.4, -0.2) is 12.1 Å². The normalized spacial score (nSPS) is 18.6. The summed E-state index contributed by atoms with van der Waals surface area (Å²) in [6.07, 6.45) is 15.1. The Balaban J connectivity index is 0.848. The standard InChI is InChI=1S/C69H50N2O/c1-5-21-47(22-6-1)43-58(48-23-7-2-8-24-48)56-32-20-33-57-60-45-50(39-42-67(60)72-68(56)57)49-25-19-30-53(44-49)70(51-26-9-3-10-27-51)54-40-41-62-59(46-54)55-31-13-14-34-61(55)69(62)63-35-15-17-37-65(63)71(52-28-11-4-12-29-52)66-38-18-16-36-64(66)69/h1-39,41-46,54,60,67H,40H2/b58-43-. The first kappa shape index (κ1) is 42.0. The van der Waals surface area contributed by atoms with Crippen LogP contribution in [0.5, 0.6) is 5.75 Å². The lowest BCUT2D eigenvalue weighted by molar-refractivity contribution is 0.269. The molecular weight excluding hydrogens is 873 g/mol. The number of anilines is 5. The summed E-state index contributed by atoms with van der Waals surface area (Å²) >= 11 is 0. The third-order valence-electron chi connectivity index (χ3n) is 15.5. The Morgan fingerprint density at radius 1 is 0.569 bits per heavy atom. The lowest BCUT2D eigenvalue weighted by Crippen LogP contribution is -2.37. The van der Waals surface area contributed by atoms with Gasteiger partial charge in [-0.2, -0.15) is 0 Å². The first-order chi connectivity index (χ1) is 35.7. The van der Waals surface area contributed by atoms with Gasteiger partial charge in [0, 0.05) is 34.1 Å². The molecule has 3 heteroatoms. The van der Waals surface area contributed by atoms with Crippen molar-refractivity contribution >= 4 is 51.2 Å². The van der Waals surface area contributed by atoms with Gasteiger partial charge in [-0.1, -0.05) is 212 Å². The van der Waals surface area contributed by atoms with Crippen LogP contribution in [0, 0.1) is 0 Å². The maximum Gasteiger partial charge on any atom is 0.132 e. The van der Waals surface area contributed by atoms with Crippen LogP contribution in [0.25, 0.3) is 22.8 Å². The molecule has 342 valence electrons. The van der Waals surface area contributed by atoms with Gasteiger partial charge in [0.05, 0.1) is 22.8 Å². The van der Waals surface area contributed by atoms with Gasteiger partial charge in [-0.15, -0.1) is 0 Å². The van der Waals surface area contributed by atoms with Gasteiger partial charge in [-0.3, -0.25) is 0 Å². The van der Waals surface area contributed by atoms with Crippen molar-refractivity contribution in [3.8, 4) is 5.75 Å². The van der Waals surface area contributed by atoms with Gasteiger partial charge in [-0.25, -0.2) is 0 Å². The monoisotopic (exact) mass is 922 g/mol. The Labute approximate surface area is 422 Å². The summed E-state index contributed by atoms with van der Waals surface area (Å²) < 4.78 is 6.94. The lowest BCUT2D eigenvalue weighted by atomic mass is 9.63. The van der Waals surface area contributed by atoms with Crippen LogP contribution >= 0.6 is 0 Å². The third kappa shape index (κ3) is 6.65. The van der Waals surface area contributed by atoms with Crippen molar-refractivity contribution in [3.63, 3.8) is 0 Å². The van der Waals surface area contributed by atoms with E-state index in [1.165, 1.54) is 61.5 Å². The van der Waals surface area contributed by atoms with E-state index < -0.39 is 5.41 Å². The maximum atomic E-state index is 6.94. The molecule has 0 saturated heterocycles. The van der Waals surface area contributed by atoms with Gasteiger partial charge in [0.15, 0.2) is 0 Å². The number of allylic oxidation sites excluding steroid dienone is 4. The van der Waals surface area contributed by atoms with E-state index in [-0.39, 0.29) is 18.1 Å². The summed E-state index contributed by atoms with van der Waals surface area (Å²) in [6, 6.07) is 86.2. The van der Waals surface area contributed by atoms with Crippen molar-refractivity contribution in [3.05, 3.63) is 323 Å². The number of hydrogen-bond acceptors (Lipinski definition) is 3. The Bertz CT molecular complexity index is 3670. The van der Waals surface area contributed by atoms with Crippen molar-refractivity contribution in [1.29, 1.82) is 0 Å². The molecule has 3 atom stereocenters. The highest BCUT2D eigenvalue weighted by molar-refractivity contribution is 6.01. The number of fused-ring (bicyclic) bond motifs is 12. The smallest absolute Gasteiger partial charge is 0.132 e. The molecule has 72 heavy (non-hydrogen) atoms. The topological polar surface area (TPSA) is 15.7 Å². The number of para-hydroxylation sites is 5. The first-order valence-electron chi connectivity index (χ1n) is 25.3. The summed E-state index contributed by atoms with van der Waals surface area (Å²) in [5, 5.41) is 0. The van der Waals surface area contributed by atoms with Gasteiger partial charge in [0.25, 0.3) is 0 Å². The molecular formula is C69H50N2O. The molecule has 2 heterocycles. The molecule has 2 aliphatic heterocycles. The fourth-order valence-corrected chi connectivity index (χ4v) is 12.5. The van der Waals surface area contributed by atoms with Gasteiger partial charge in [-0.05, 0) is 128 Å². The van der Waals surface area contributed by atoms with Crippen LogP contribution in [0.1, 0.15) is 62.4 Å². The molecule has 3 aliphatic carbocycles. The van der Waals surface area contributed by atoms with Crippen LogP contribution in [0.3, 0.4) is 0 Å². The van der Waals surface area contributed by atoms with Crippen molar-refractivity contribution in [2.75, 3.05) is 9.80 Å². The molecule has 5 aliphatic rings. The van der Waals surface area contributed by atoms with Crippen LogP contribution in [-0.2, 0) is 5.41 Å². The summed E-state index contributed by atoms with van der Waals surface area (Å²) in [5.41, 5.74) is 21.6. The van der Waals surface area contributed by atoms with Gasteiger partial charge >= 0.3 is 0 Å². The highest BCUT2D eigenvalue weighted by Gasteiger charge is 2.54. The van der Waals surface area contributed by atoms with Crippen molar-refractivity contribution < 1.29 is 4.74 Å². The zero-order valence-electron chi connectivity index (χ0n) is 39.7. The molecule has 3 nitrogen and oxygen atoms in total. The summed E-state index contributed by atoms with van der Waals surface area (Å²) in [7, 11) is 0. The van der Waals surface area contributed by atoms with E-state index in [1.807, 2.05) is 0 Å². The molecule has 0 amide bonds. The highest BCUT2D eigenvalue weighted by Crippen LogP contribution is 2.65. The second kappa shape index (κ2) is 17.2. The molecule has 0 bridgehead atoms. The van der Waals surface area contributed by atoms with E-state index in [1.54, 1.807) is 0 Å². The summed E-state index contributed by atoms with van der Waals surface area (Å²) in [5.74, 6) is 1.05. The Kier molecular flexibility index (Phi) is 10.0. The summed E-state index contributed by atoms with van der Waals surface area (Å²) in [6.45, 7) is 0. The highest BCUT2D eigenvalue weighted by atomic mass is 16.5. The Morgan fingerprint density at radius 2 is 1.19 bits per heavy atom. The number of hydrogen-bond donors (Lipinski definition) is 0. The number of benzene rings is 9. The van der Waals surface area contributed by atoms with E-state index in [0.29, 0.717) is 0 Å². The second-order valence-corrected chi connectivity index (χ2v) is 19.4. The number of ether oxygens (including phenoxy) is 1. The van der Waals surface area contributed by atoms with E-state index in [0.717, 1.165) is 51.5 Å². The average molecular weight is 923 g/mol. The predicted octanol–water partition coefficient (Wildman–Crippen LogP) is 16.8. The largest absolute Gasteiger partial charge is 0.484 e. The molecule has 0 radical (unpaired) electrons. The fourth-order valence-electron chi connectivity index (χ4n) is 12.5. The zero-order valence-corrected chi connectivity index (χ0v) is 39.7. The minimum absolute atomic E-state index is 0.0519. The molecule has 14 rings (SSSR count). The minimum Gasteiger partial charge on any atom is -0.484 e. The van der Waals surface area contributed by atoms with Gasteiger partial charge < -0.3 is 14.5 Å². The molecule has 0 N–H and O–H groups in total. The van der Waals surface area contributed by atoms with Crippen molar-refractivity contribution in [2.24, 2.45) is 0 Å². The van der Waals surface area contributed by atoms with Crippen molar-refractivity contribution in [2.45, 2.75) is 29.9 Å². The van der Waals surface area contributed by atoms with Gasteiger partial charge in [0.1, 0.15) is 11.9 Å². The number of nitrogens with zero attached hydrogens (tertiary/aromatic N) is 2. The first-order valence-corrected chi connectivity index (χ1v) is 25.3. The second-order valence-electron chi connectivity index (χ2n) is 19.4. The van der Waals surface area contributed by atoms with E-state index in [4.69, 9.17) is 4.74 Å². The van der Waals surface area contributed by atoms with E-state index >= 15 is 0 Å². The zero-order chi connectivity index (χ0) is 47.6. The summed E-state index contributed by atoms with van der Waals surface area (Å²) in [4.78, 5) is 5.01. The number of rotatable bonds is 8. The molecule has 0 aromatic heterocycles. The average Bonchev–Trinajstić information content (AvgIpc) is 3.97. The quantitative estimate of drug-likeness (QED) is 0.141. The molecule has 0 fully saturated rings. The van der Waals surface area contributed by atoms with E-state index in [9.17, 15) is 0 Å². The van der Waals surface area contributed by atoms with Crippen molar-refractivity contribution in [1.82, 2.24) is 0 Å². The van der Waals surface area contributed by atoms with Crippen LogP contribution < -0.4 is 14.5 Å². The predicted molar refractivity (Wildman–Crippen MR) is 298 cm³/mol.